The monoisotopic (exact) mass is 358 g/mol. The Bertz CT molecular complexity index is 730. The Morgan fingerprint density at radius 1 is 1.38 bits per heavy atom. The minimum atomic E-state index is -0.954. The third kappa shape index (κ3) is 3.59. The molecule has 0 bridgehead atoms. The molecule has 1 saturated heterocycles. The number of benzene rings is 1. The van der Waals surface area contributed by atoms with Gasteiger partial charge in [0.05, 0.1) is 11.1 Å². The van der Waals surface area contributed by atoms with Crippen LogP contribution in [0.25, 0.3) is 0 Å². The molecule has 2 aliphatic heterocycles. The van der Waals surface area contributed by atoms with E-state index in [9.17, 15) is 14.7 Å². The topological polar surface area (TPSA) is 79.2 Å². The zero-order valence-electron chi connectivity index (χ0n) is 15.4. The van der Waals surface area contributed by atoms with Crippen LogP contribution in [0.3, 0.4) is 0 Å². The third-order valence-corrected chi connectivity index (χ3v) is 5.49. The highest BCUT2D eigenvalue weighted by Gasteiger charge is 2.46. The van der Waals surface area contributed by atoms with Crippen LogP contribution >= 0.6 is 0 Å². The Hall–Kier alpha value is -2.37. The molecule has 1 fully saturated rings. The second kappa shape index (κ2) is 7.48. The molecule has 1 N–H and O–H groups in total. The lowest BCUT2D eigenvalue weighted by molar-refractivity contribution is -0.158. The summed E-state index contributed by atoms with van der Waals surface area (Å²) in [6.45, 7) is 4.73. The molecule has 2 heterocycles. The minimum Gasteiger partial charge on any atom is -0.481 e. The molecule has 1 aromatic rings. The number of aryl methyl sites for hydroxylation is 1. The average molecular weight is 358 g/mol. The van der Waals surface area contributed by atoms with Gasteiger partial charge in [-0.3, -0.25) is 9.59 Å². The predicted octanol–water partition coefficient (Wildman–Crippen LogP) is 2.98. The van der Waals surface area contributed by atoms with Crippen LogP contribution in [0.5, 0.6) is 0 Å². The second-order valence-corrected chi connectivity index (χ2v) is 7.35. The molecular formula is C20H26N2O4. The van der Waals surface area contributed by atoms with E-state index >= 15 is 0 Å². The predicted molar refractivity (Wildman–Crippen MR) is 98.0 cm³/mol. The van der Waals surface area contributed by atoms with Crippen LogP contribution in [0.4, 0.5) is 0 Å². The number of likely N-dealkylation sites (tertiary alicyclic amines) is 1. The van der Waals surface area contributed by atoms with Gasteiger partial charge in [0.15, 0.2) is 0 Å². The molecule has 140 valence electrons. The minimum absolute atomic E-state index is 0.0134. The molecule has 0 spiro atoms. The molecule has 2 aliphatic rings. The summed E-state index contributed by atoms with van der Waals surface area (Å²) in [4.78, 5) is 31.4. The summed E-state index contributed by atoms with van der Waals surface area (Å²) in [5, 5.41) is 14.1. The van der Waals surface area contributed by atoms with E-state index in [0.29, 0.717) is 38.6 Å². The van der Waals surface area contributed by atoms with Gasteiger partial charge in [-0.1, -0.05) is 36.3 Å². The number of hydrogen-bond acceptors (Lipinski definition) is 4. The first-order chi connectivity index (χ1) is 12.4. The molecule has 3 rings (SSSR count). The van der Waals surface area contributed by atoms with Crippen molar-refractivity contribution in [3.05, 3.63) is 35.4 Å². The van der Waals surface area contributed by atoms with Gasteiger partial charge in [0.2, 0.25) is 5.91 Å². The van der Waals surface area contributed by atoms with Gasteiger partial charge in [-0.25, -0.2) is 0 Å². The highest BCUT2D eigenvalue weighted by Crippen LogP contribution is 2.38. The van der Waals surface area contributed by atoms with E-state index < -0.39 is 11.4 Å². The fourth-order valence-corrected chi connectivity index (χ4v) is 4.03. The molecule has 0 aromatic heterocycles. The van der Waals surface area contributed by atoms with Crippen LogP contribution in [0.1, 0.15) is 50.2 Å². The van der Waals surface area contributed by atoms with Crippen LogP contribution < -0.4 is 0 Å². The molecule has 0 unspecified atom stereocenters. The van der Waals surface area contributed by atoms with Crippen LogP contribution in [-0.2, 0) is 14.4 Å². The smallest absolute Gasteiger partial charge is 0.311 e. The zero-order valence-corrected chi connectivity index (χ0v) is 15.4. The van der Waals surface area contributed by atoms with E-state index in [1.165, 1.54) is 0 Å². The van der Waals surface area contributed by atoms with E-state index in [0.717, 1.165) is 16.8 Å². The number of nitrogens with zero attached hydrogens (tertiary/aromatic N) is 2. The number of carboxylic acids is 1. The van der Waals surface area contributed by atoms with Crippen molar-refractivity contribution in [1.82, 2.24) is 4.90 Å². The van der Waals surface area contributed by atoms with Crippen molar-refractivity contribution in [1.29, 1.82) is 0 Å². The van der Waals surface area contributed by atoms with Gasteiger partial charge < -0.3 is 14.8 Å². The van der Waals surface area contributed by atoms with Gasteiger partial charge in [0.25, 0.3) is 0 Å². The van der Waals surface area contributed by atoms with Gasteiger partial charge >= 0.3 is 5.97 Å². The molecule has 6 nitrogen and oxygen atoms in total. The molecule has 0 aliphatic carbocycles. The first-order valence-corrected chi connectivity index (χ1v) is 9.25. The number of piperidine rings is 1. The summed E-state index contributed by atoms with van der Waals surface area (Å²) < 4.78 is 0. The Kier molecular flexibility index (Phi) is 5.30. The Labute approximate surface area is 153 Å². The van der Waals surface area contributed by atoms with Crippen molar-refractivity contribution in [3.63, 3.8) is 0 Å². The van der Waals surface area contributed by atoms with Crippen molar-refractivity contribution in [2.24, 2.45) is 10.6 Å². The number of hydrogen-bond donors (Lipinski definition) is 1. The van der Waals surface area contributed by atoms with Crippen molar-refractivity contribution < 1.29 is 19.5 Å². The Morgan fingerprint density at radius 2 is 2.15 bits per heavy atom. The fourth-order valence-electron chi connectivity index (χ4n) is 4.03. The first-order valence-electron chi connectivity index (χ1n) is 9.25. The van der Waals surface area contributed by atoms with Crippen LogP contribution in [0.15, 0.2) is 29.4 Å². The van der Waals surface area contributed by atoms with E-state index in [1.54, 1.807) is 4.90 Å². The molecule has 0 saturated carbocycles. The van der Waals surface area contributed by atoms with Crippen LogP contribution in [0, 0.1) is 12.3 Å². The zero-order chi connectivity index (χ0) is 18.7. The molecule has 0 radical (unpaired) electrons. The summed E-state index contributed by atoms with van der Waals surface area (Å²) in [6.07, 6.45) is 2.37. The van der Waals surface area contributed by atoms with Gasteiger partial charge in [0.1, 0.15) is 6.10 Å². The number of carbonyl (C=O) groups is 2. The summed E-state index contributed by atoms with van der Waals surface area (Å²) in [5.74, 6) is -0.835. The second-order valence-electron chi connectivity index (χ2n) is 7.35. The molecule has 1 amide bonds. The number of carboxylic acid groups (broad SMARTS) is 1. The number of rotatable bonds is 5. The van der Waals surface area contributed by atoms with E-state index in [1.807, 2.05) is 38.1 Å². The largest absolute Gasteiger partial charge is 0.481 e. The van der Waals surface area contributed by atoms with Gasteiger partial charge in [-0.05, 0) is 25.3 Å². The molecule has 6 heteroatoms. The lowest BCUT2D eigenvalue weighted by atomic mass is 9.74. The summed E-state index contributed by atoms with van der Waals surface area (Å²) in [6, 6.07) is 7.98. The van der Waals surface area contributed by atoms with Crippen molar-refractivity contribution in [2.75, 3.05) is 13.1 Å². The average Bonchev–Trinajstić information content (AvgIpc) is 3.09. The maximum absolute atomic E-state index is 12.1. The Morgan fingerprint density at radius 3 is 2.85 bits per heavy atom. The fraction of sp³-hybridized carbons (Fsp3) is 0.550. The van der Waals surface area contributed by atoms with Crippen LogP contribution in [-0.4, -0.2) is 46.8 Å². The number of carbonyl (C=O) groups excluding carboxylic acids is 1. The molecule has 26 heavy (non-hydrogen) atoms. The van der Waals surface area contributed by atoms with Crippen molar-refractivity contribution >= 4 is 17.6 Å². The summed E-state index contributed by atoms with van der Waals surface area (Å²) >= 11 is 0. The van der Waals surface area contributed by atoms with E-state index in [-0.39, 0.29) is 18.6 Å². The lowest BCUT2D eigenvalue weighted by Gasteiger charge is -2.40. The van der Waals surface area contributed by atoms with Gasteiger partial charge in [-0.2, -0.15) is 0 Å². The standard InChI is InChI=1S/C20H26N2O4/c1-3-18(23)22-10-6-9-20(13-22,19(24)25)12-15-11-17(21-26-15)16-8-5-4-7-14(16)2/h4-5,7-8,15H,3,6,9-13H2,1-2H3,(H,24,25)/t15-,20-/m0/s1. The maximum Gasteiger partial charge on any atom is 0.311 e. The Balaban J connectivity index is 1.71. The van der Waals surface area contributed by atoms with Crippen molar-refractivity contribution in [3.8, 4) is 0 Å². The highest BCUT2D eigenvalue weighted by molar-refractivity contribution is 6.02. The summed E-state index contributed by atoms with van der Waals surface area (Å²) in [5.41, 5.74) is 2.09. The number of amides is 1. The SMILES string of the molecule is CCC(=O)N1CCC[C@@](C[C@@H]2CC(c3ccccc3C)=NO2)(C(=O)O)C1. The lowest BCUT2D eigenvalue weighted by Crippen LogP contribution is -2.51. The van der Waals surface area contributed by atoms with Gasteiger partial charge in [-0.15, -0.1) is 0 Å². The highest BCUT2D eigenvalue weighted by atomic mass is 16.6. The normalized spacial score (nSPS) is 25.5. The van der Waals surface area contributed by atoms with E-state index in [2.05, 4.69) is 5.16 Å². The molecular weight excluding hydrogens is 332 g/mol. The third-order valence-electron chi connectivity index (χ3n) is 5.49. The quantitative estimate of drug-likeness (QED) is 0.877. The van der Waals surface area contributed by atoms with Crippen LogP contribution in [0.2, 0.25) is 0 Å². The van der Waals surface area contributed by atoms with Crippen molar-refractivity contribution in [2.45, 2.75) is 52.1 Å². The number of aliphatic carboxylic acids is 1. The maximum atomic E-state index is 12.1. The first kappa shape index (κ1) is 18.4. The van der Waals surface area contributed by atoms with Gasteiger partial charge in [0, 0.05) is 37.9 Å². The molecule has 2 atom stereocenters. The summed E-state index contributed by atoms with van der Waals surface area (Å²) in [7, 11) is 0. The molecule has 1 aromatic carbocycles. The number of oxime groups is 1. The van der Waals surface area contributed by atoms with E-state index in [4.69, 9.17) is 4.84 Å².